The second-order valence-electron chi connectivity index (χ2n) is 7.63. The van der Waals surface area contributed by atoms with E-state index < -0.39 is 10.0 Å². The minimum absolute atomic E-state index is 0.0116. The Morgan fingerprint density at radius 1 is 1.19 bits per heavy atom. The predicted molar refractivity (Wildman–Crippen MR) is 123 cm³/mol. The molecule has 4 rings (SSSR count). The number of hydrogen-bond donors (Lipinski definition) is 2. The van der Waals surface area contributed by atoms with Gasteiger partial charge in [-0.2, -0.15) is 4.31 Å². The summed E-state index contributed by atoms with van der Waals surface area (Å²) in [5.74, 6) is -0.357. The van der Waals surface area contributed by atoms with Gasteiger partial charge in [-0.15, -0.1) is 0 Å². The number of aromatic amines is 1. The normalized spacial score (nSPS) is 14.7. The molecule has 11 heteroatoms. The van der Waals surface area contributed by atoms with Gasteiger partial charge in [-0.3, -0.25) is 9.59 Å². The SMILES string of the molecule is Cc1cc(C)c2c(=O)[nH]c(SCC(=O)Nc3cccc(S(=O)(=O)N4CCCC4)c3)nc2n1. The number of aromatic nitrogens is 3. The Morgan fingerprint density at radius 3 is 2.69 bits per heavy atom. The maximum atomic E-state index is 12.7. The lowest BCUT2D eigenvalue weighted by atomic mass is 10.2. The van der Waals surface area contributed by atoms with Gasteiger partial charge in [0.05, 0.1) is 16.0 Å². The van der Waals surface area contributed by atoms with Gasteiger partial charge in [-0.25, -0.2) is 18.4 Å². The number of anilines is 1. The Labute approximate surface area is 189 Å². The number of pyridine rings is 1. The van der Waals surface area contributed by atoms with Crippen molar-refractivity contribution in [3.63, 3.8) is 0 Å². The molecule has 2 N–H and O–H groups in total. The molecule has 0 atom stereocenters. The van der Waals surface area contributed by atoms with Crippen LogP contribution in [0.3, 0.4) is 0 Å². The van der Waals surface area contributed by atoms with Crippen LogP contribution >= 0.6 is 11.8 Å². The first-order chi connectivity index (χ1) is 15.2. The maximum absolute atomic E-state index is 12.7. The van der Waals surface area contributed by atoms with Crippen LogP contribution in [0.1, 0.15) is 24.1 Å². The lowest BCUT2D eigenvalue weighted by Crippen LogP contribution is -2.28. The summed E-state index contributed by atoms with van der Waals surface area (Å²) in [5, 5.41) is 3.43. The zero-order chi connectivity index (χ0) is 22.9. The molecule has 168 valence electrons. The van der Waals surface area contributed by atoms with E-state index in [9.17, 15) is 18.0 Å². The summed E-state index contributed by atoms with van der Waals surface area (Å²) >= 11 is 1.07. The molecule has 3 aromatic rings. The molecular formula is C21H23N5O4S2. The number of rotatable bonds is 6. The van der Waals surface area contributed by atoms with E-state index in [1.807, 2.05) is 19.9 Å². The number of sulfonamides is 1. The fraction of sp³-hybridized carbons (Fsp3) is 0.333. The second kappa shape index (κ2) is 9.00. The molecule has 9 nitrogen and oxygen atoms in total. The van der Waals surface area contributed by atoms with Crippen LogP contribution in [0.5, 0.6) is 0 Å². The van der Waals surface area contributed by atoms with Gasteiger partial charge in [0.15, 0.2) is 10.8 Å². The van der Waals surface area contributed by atoms with E-state index in [-0.39, 0.29) is 22.1 Å². The number of H-pyrrole nitrogens is 1. The largest absolute Gasteiger partial charge is 0.325 e. The van der Waals surface area contributed by atoms with Crippen molar-refractivity contribution < 1.29 is 13.2 Å². The van der Waals surface area contributed by atoms with Gasteiger partial charge in [0, 0.05) is 24.5 Å². The average Bonchev–Trinajstić information content (AvgIpc) is 3.27. The number of nitrogens with zero attached hydrogens (tertiary/aromatic N) is 3. The number of aryl methyl sites for hydroxylation is 2. The Bertz CT molecular complexity index is 1350. The number of thioether (sulfide) groups is 1. The topological polar surface area (TPSA) is 125 Å². The summed E-state index contributed by atoms with van der Waals surface area (Å²) in [6.45, 7) is 4.68. The molecule has 1 aromatic carbocycles. The second-order valence-corrected chi connectivity index (χ2v) is 10.5. The Hall–Kier alpha value is -2.76. The van der Waals surface area contributed by atoms with Gasteiger partial charge in [0.25, 0.3) is 5.56 Å². The molecule has 0 unspecified atom stereocenters. The maximum Gasteiger partial charge on any atom is 0.261 e. The van der Waals surface area contributed by atoms with Crippen LogP contribution < -0.4 is 10.9 Å². The van der Waals surface area contributed by atoms with Gasteiger partial charge in [0.1, 0.15) is 0 Å². The van der Waals surface area contributed by atoms with E-state index in [0.717, 1.165) is 35.9 Å². The average molecular weight is 474 g/mol. The standard InChI is InChI=1S/C21H23N5O4S2/c1-13-10-14(2)22-19-18(13)20(28)25-21(24-19)31-12-17(27)23-15-6-5-7-16(11-15)32(29,30)26-8-3-4-9-26/h5-7,10-11H,3-4,8-9,12H2,1-2H3,(H,23,27)(H,22,24,25,28). The number of amides is 1. The first-order valence-corrected chi connectivity index (χ1v) is 12.6. The van der Waals surface area contributed by atoms with E-state index in [1.165, 1.54) is 16.4 Å². The van der Waals surface area contributed by atoms with Crippen LogP contribution in [0.25, 0.3) is 11.0 Å². The highest BCUT2D eigenvalue weighted by atomic mass is 32.2. The predicted octanol–water partition coefficient (Wildman–Crippen LogP) is 2.45. The van der Waals surface area contributed by atoms with Crippen LogP contribution in [-0.4, -0.2) is 52.4 Å². The molecule has 3 heterocycles. The number of carbonyl (C=O) groups excluding carboxylic acids is 1. The lowest BCUT2D eigenvalue weighted by molar-refractivity contribution is -0.113. The molecule has 1 fully saturated rings. The van der Waals surface area contributed by atoms with Crippen molar-refractivity contribution >= 4 is 44.4 Å². The molecule has 0 bridgehead atoms. The summed E-state index contributed by atoms with van der Waals surface area (Å²) in [5.41, 5.74) is 1.98. The first kappa shape index (κ1) is 22.4. The van der Waals surface area contributed by atoms with Gasteiger partial charge in [-0.05, 0) is 56.5 Å². The molecule has 0 saturated carbocycles. The molecule has 1 amide bonds. The van der Waals surface area contributed by atoms with Crippen LogP contribution in [0.2, 0.25) is 0 Å². The third kappa shape index (κ3) is 4.69. The van der Waals surface area contributed by atoms with E-state index in [1.54, 1.807) is 12.1 Å². The fourth-order valence-corrected chi connectivity index (χ4v) is 5.89. The minimum Gasteiger partial charge on any atom is -0.325 e. The molecule has 1 saturated heterocycles. The van der Waals surface area contributed by atoms with Crippen molar-refractivity contribution in [2.75, 3.05) is 24.2 Å². The highest BCUT2D eigenvalue weighted by molar-refractivity contribution is 7.99. The zero-order valence-electron chi connectivity index (χ0n) is 17.7. The number of carbonyl (C=O) groups is 1. The van der Waals surface area contributed by atoms with Crippen LogP contribution in [-0.2, 0) is 14.8 Å². The highest BCUT2D eigenvalue weighted by Crippen LogP contribution is 2.23. The van der Waals surface area contributed by atoms with Gasteiger partial charge >= 0.3 is 0 Å². The molecule has 1 aliphatic heterocycles. The number of hydrogen-bond acceptors (Lipinski definition) is 7. The summed E-state index contributed by atoms with van der Waals surface area (Å²) in [4.78, 5) is 36.3. The molecule has 0 spiro atoms. The Kier molecular flexibility index (Phi) is 6.31. The molecular weight excluding hydrogens is 450 g/mol. The Balaban J connectivity index is 1.45. The quantitative estimate of drug-likeness (QED) is 0.416. The van der Waals surface area contributed by atoms with Crippen molar-refractivity contribution in [2.45, 2.75) is 36.7 Å². The van der Waals surface area contributed by atoms with Gasteiger partial charge in [0.2, 0.25) is 15.9 Å². The number of nitrogens with one attached hydrogen (secondary N) is 2. The summed E-state index contributed by atoms with van der Waals surface area (Å²) in [7, 11) is -3.56. The third-order valence-electron chi connectivity index (χ3n) is 5.14. The van der Waals surface area contributed by atoms with Crippen LogP contribution in [0.15, 0.2) is 45.2 Å². The van der Waals surface area contributed by atoms with Crippen molar-refractivity contribution in [1.82, 2.24) is 19.3 Å². The van der Waals surface area contributed by atoms with E-state index in [4.69, 9.17) is 0 Å². The molecule has 2 aromatic heterocycles. The van der Waals surface area contributed by atoms with E-state index in [2.05, 4.69) is 20.3 Å². The summed E-state index contributed by atoms with van der Waals surface area (Å²) in [6, 6.07) is 8.04. The van der Waals surface area contributed by atoms with Crippen LogP contribution in [0, 0.1) is 13.8 Å². The first-order valence-electron chi connectivity index (χ1n) is 10.2. The summed E-state index contributed by atoms with van der Waals surface area (Å²) in [6.07, 6.45) is 1.71. The smallest absolute Gasteiger partial charge is 0.261 e. The molecule has 32 heavy (non-hydrogen) atoms. The molecule has 1 aliphatic rings. The zero-order valence-corrected chi connectivity index (χ0v) is 19.3. The highest BCUT2D eigenvalue weighted by Gasteiger charge is 2.27. The van der Waals surface area contributed by atoms with Gasteiger partial charge < -0.3 is 10.3 Å². The molecule has 0 radical (unpaired) electrons. The van der Waals surface area contributed by atoms with Crippen LogP contribution in [0.4, 0.5) is 5.69 Å². The monoisotopic (exact) mass is 473 g/mol. The molecule has 0 aliphatic carbocycles. The van der Waals surface area contributed by atoms with E-state index in [0.29, 0.717) is 35.0 Å². The van der Waals surface area contributed by atoms with Crippen molar-refractivity contribution in [3.8, 4) is 0 Å². The number of benzene rings is 1. The minimum atomic E-state index is -3.56. The lowest BCUT2D eigenvalue weighted by Gasteiger charge is -2.16. The fourth-order valence-electron chi connectivity index (χ4n) is 3.67. The summed E-state index contributed by atoms with van der Waals surface area (Å²) < 4.78 is 26.9. The number of fused-ring (bicyclic) bond motifs is 1. The van der Waals surface area contributed by atoms with Gasteiger partial charge in [-0.1, -0.05) is 17.8 Å². The third-order valence-corrected chi connectivity index (χ3v) is 7.91. The van der Waals surface area contributed by atoms with E-state index >= 15 is 0 Å². The Morgan fingerprint density at radius 2 is 1.94 bits per heavy atom. The van der Waals surface area contributed by atoms with Crippen molar-refractivity contribution in [2.24, 2.45) is 0 Å². The van der Waals surface area contributed by atoms with Crippen molar-refractivity contribution in [3.05, 3.63) is 51.9 Å². The van der Waals surface area contributed by atoms with Crippen molar-refractivity contribution in [1.29, 1.82) is 0 Å².